The molecule has 30 heavy (non-hydrogen) atoms. The van der Waals surface area contributed by atoms with Crippen LogP contribution in [0.5, 0.6) is 11.6 Å². The molecule has 0 atom stereocenters. The predicted molar refractivity (Wildman–Crippen MR) is 112 cm³/mol. The number of ether oxygens (including phenoxy) is 2. The first kappa shape index (κ1) is 20.1. The number of aryl methyl sites for hydroxylation is 2. The number of nitrogens with one attached hydrogen (secondary N) is 1. The molecule has 1 fully saturated rings. The minimum atomic E-state index is 0.271. The van der Waals surface area contributed by atoms with Crippen LogP contribution in [0.2, 0.25) is 0 Å². The van der Waals surface area contributed by atoms with Gasteiger partial charge in [0.1, 0.15) is 0 Å². The maximum absolute atomic E-state index is 6.15. The number of aromatic nitrogens is 6. The molecule has 0 aromatic carbocycles. The number of anilines is 1. The summed E-state index contributed by atoms with van der Waals surface area (Å²) in [5.41, 5.74) is 2.63. The van der Waals surface area contributed by atoms with Crippen molar-refractivity contribution in [1.82, 2.24) is 29.7 Å². The number of rotatable bonds is 7. The highest BCUT2D eigenvalue weighted by atomic mass is 16.5. The zero-order valence-electron chi connectivity index (χ0n) is 17.6. The summed E-state index contributed by atoms with van der Waals surface area (Å²) in [5.74, 6) is 2.37. The van der Waals surface area contributed by atoms with Crippen LogP contribution >= 0.6 is 0 Å². The van der Waals surface area contributed by atoms with Crippen LogP contribution in [0.3, 0.4) is 0 Å². The lowest BCUT2D eigenvalue weighted by Gasteiger charge is -2.23. The van der Waals surface area contributed by atoms with Gasteiger partial charge in [0.05, 0.1) is 49.1 Å². The van der Waals surface area contributed by atoms with E-state index < -0.39 is 0 Å². The number of nitrogens with zero attached hydrogens (tertiary/aromatic N) is 6. The first-order valence-electron chi connectivity index (χ1n) is 10.3. The largest absolute Gasteiger partial charge is 0.487 e. The van der Waals surface area contributed by atoms with Gasteiger partial charge in [-0.25, -0.2) is 15.0 Å². The van der Waals surface area contributed by atoms with Gasteiger partial charge in [-0.05, 0) is 32.6 Å². The molecule has 158 valence electrons. The van der Waals surface area contributed by atoms with Crippen molar-refractivity contribution < 1.29 is 9.47 Å². The van der Waals surface area contributed by atoms with Crippen molar-refractivity contribution in [2.75, 3.05) is 12.4 Å². The van der Waals surface area contributed by atoms with E-state index in [1.54, 1.807) is 36.4 Å². The molecular weight excluding hydrogens is 382 g/mol. The van der Waals surface area contributed by atoms with Gasteiger partial charge < -0.3 is 14.8 Å². The Morgan fingerprint density at radius 3 is 2.73 bits per heavy atom. The Kier molecular flexibility index (Phi) is 6.06. The van der Waals surface area contributed by atoms with Crippen molar-refractivity contribution in [3.8, 4) is 23.0 Å². The van der Waals surface area contributed by atoms with Crippen molar-refractivity contribution in [2.24, 2.45) is 7.05 Å². The normalized spacial score (nSPS) is 14.5. The van der Waals surface area contributed by atoms with Crippen molar-refractivity contribution in [3.05, 3.63) is 36.0 Å². The SMILES string of the molecule is COc1ccnc(NCc2c(-c3ncc(OC4CCCCC4)c(C)n3)cnn2C)n1. The van der Waals surface area contributed by atoms with Crippen LogP contribution in [-0.4, -0.2) is 42.9 Å². The maximum Gasteiger partial charge on any atom is 0.226 e. The second-order valence-corrected chi connectivity index (χ2v) is 7.43. The molecule has 1 saturated carbocycles. The van der Waals surface area contributed by atoms with E-state index in [4.69, 9.17) is 14.5 Å². The average molecular weight is 409 g/mol. The quantitative estimate of drug-likeness (QED) is 0.634. The highest BCUT2D eigenvalue weighted by molar-refractivity contribution is 5.58. The molecule has 1 aliphatic carbocycles. The number of hydrogen-bond donors (Lipinski definition) is 1. The second kappa shape index (κ2) is 9.06. The zero-order valence-corrected chi connectivity index (χ0v) is 17.6. The van der Waals surface area contributed by atoms with E-state index in [-0.39, 0.29) is 6.10 Å². The number of hydrogen-bond acceptors (Lipinski definition) is 8. The van der Waals surface area contributed by atoms with Crippen LogP contribution in [0.1, 0.15) is 43.5 Å². The molecule has 3 heterocycles. The summed E-state index contributed by atoms with van der Waals surface area (Å²) in [6.07, 6.45) is 11.4. The van der Waals surface area contributed by atoms with Crippen LogP contribution in [0, 0.1) is 6.92 Å². The lowest BCUT2D eigenvalue weighted by atomic mass is 9.98. The van der Waals surface area contributed by atoms with Gasteiger partial charge in [0.2, 0.25) is 11.8 Å². The molecule has 0 aliphatic heterocycles. The third-order valence-electron chi connectivity index (χ3n) is 5.34. The predicted octanol–water partition coefficient (Wildman–Crippen LogP) is 3.31. The second-order valence-electron chi connectivity index (χ2n) is 7.43. The Labute approximate surface area is 175 Å². The van der Waals surface area contributed by atoms with Gasteiger partial charge in [0.25, 0.3) is 0 Å². The molecule has 1 aliphatic rings. The lowest BCUT2D eigenvalue weighted by molar-refractivity contribution is 0.152. The summed E-state index contributed by atoms with van der Waals surface area (Å²) in [6.45, 7) is 2.43. The van der Waals surface area contributed by atoms with Gasteiger partial charge >= 0.3 is 0 Å². The summed E-state index contributed by atoms with van der Waals surface area (Å²) in [4.78, 5) is 17.8. The van der Waals surface area contributed by atoms with Crippen molar-refractivity contribution in [1.29, 1.82) is 0 Å². The fourth-order valence-electron chi connectivity index (χ4n) is 3.63. The topological polar surface area (TPSA) is 99.9 Å². The maximum atomic E-state index is 6.15. The van der Waals surface area contributed by atoms with Crippen molar-refractivity contribution >= 4 is 5.95 Å². The average Bonchev–Trinajstić information content (AvgIpc) is 3.15. The summed E-state index contributed by atoms with van der Waals surface area (Å²) in [7, 11) is 3.47. The van der Waals surface area contributed by atoms with E-state index in [0.29, 0.717) is 24.2 Å². The molecule has 1 N–H and O–H groups in total. The lowest BCUT2D eigenvalue weighted by Crippen LogP contribution is -2.20. The Morgan fingerprint density at radius 1 is 1.13 bits per heavy atom. The molecule has 9 nitrogen and oxygen atoms in total. The molecule has 4 rings (SSSR count). The van der Waals surface area contributed by atoms with Gasteiger partial charge in [-0.1, -0.05) is 6.42 Å². The minimum absolute atomic E-state index is 0.271. The van der Waals surface area contributed by atoms with Gasteiger partial charge in [0.15, 0.2) is 11.6 Å². The van der Waals surface area contributed by atoms with Crippen molar-refractivity contribution in [2.45, 2.75) is 51.7 Å². The molecule has 0 bridgehead atoms. The third-order valence-corrected chi connectivity index (χ3v) is 5.34. The summed E-state index contributed by atoms with van der Waals surface area (Å²) < 4.78 is 13.1. The standard InChI is InChI=1S/C21H27N7O2/c1-14-18(30-15-7-5-4-6-8-15)13-23-20(26-14)16-11-25-28(2)17(16)12-24-21-22-10-9-19(27-21)29-3/h9-11,13,15H,4-8,12H2,1-3H3,(H,22,24,27). The van der Waals surface area contributed by atoms with Crippen molar-refractivity contribution in [3.63, 3.8) is 0 Å². The molecule has 3 aromatic rings. The molecule has 0 amide bonds. The Morgan fingerprint density at radius 2 is 1.97 bits per heavy atom. The van der Waals surface area contributed by atoms with E-state index in [0.717, 1.165) is 35.5 Å². The Hall–Kier alpha value is -3.23. The molecule has 3 aromatic heterocycles. The van der Waals surface area contributed by atoms with Crippen LogP contribution in [0.4, 0.5) is 5.95 Å². The first-order valence-corrected chi connectivity index (χ1v) is 10.3. The molecular formula is C21H27N7O2. The van der Waals surface area contributed by atoms with Gasteiger partial charge in [-0.2, -0.15) is 10.1 Å². The Bertz CT molecular complexity index is 999. The van der Waals surface area contributed by atoms with E-state index >= 15 is 0 Å². The highest BCUT2D eigenvalue weighted by Gasteiger charge is 2.18. The zero-order chi connectivity index (χ0) is 20.9. The van der Waals surface area contributed by atoms with Crippen LogP contribution in [-0.2, 0) is 13.6 Å². The van der Waals surface area contributed by atoms with E-state index in [1.165, 1.54) is 19.3 Å². The van der Waals surface area contributed by atoms with Gasteiger partial charge in [-0.15, -0.1) is 0 Å². The fraction of sp³-hybridized carbons (Fsp3) is 0.476. The summed E-state index contributed by atoms with van der Waals surface area (Å²) in [6, 6.07) is 1.70. The summed E-state index contributed by atoms with van der Waals surface area (Å²) in [5, 5.41) is 7.59. The molecule has 9 heteroatoms. The van der Waals surface area contributed by atoms with Crippen LogP contribution < -0.4 is 14.8 Å². The van der Waals surface area contributed by atoms with Crippen LogP contribution in [0.15, 0.2) is 24.7 Å². The van der Waals surface area contributed by atoms with E-state index in [2.05, 4.69) is 25.4 Å². The molecule has 0 unspecified atom stereocenters. The smallest absolute Gasteiger partial charge is 0.226 e. The number of methoxy groups -OCH3 is 1. The van der Waals surface area contributed by atoms with E-state index in [9.17, 15) is 0 Å². The van der Waals surface area contributed by atoms with Crippen LogP contribution in [0.25, 0.3) is 11.4 Å². The Balaban J connectivity index is 1.50. The van der Waals surface area contributed by atoms with Gasteiger partial charge in [-0.3, -0.25) is 4.68 Å². The monoisotopic (exact) mass is 409 g/mol. The summed E-state index contributed by atoms with van der Waals surface area (Å²) >= 11 is 0. The highest BCUT2D eigenvalue weighted by Crippen LogP contribution is 2.27. The fourth-order valence-corrected chi connectivity index (χ4v) is 3.63. The van der Waals surface area contributed by atoms with Gasteiger partial charge in [0, 0.05) is 19.3 Å². The third kappa shape index (κ3) is 4.50. The molecule has 0 radical (unpaired) electrons. The minimum Gasteiger partial charge on any atom is -0.487 e. The molecule has 0 spiro atoms. The first-order chi connectivity index (χ1) is 14.6. The van der Waals surface area contributed by atoms with E-state index in [1.807, 2.05) is 14.0 Å². The molecule has 0 saturated heterocycles.